The number of carbonyl (C=O) groups is 1. The molecule has 1 aliphatic heterocycles. The van der Waals surface area contributed by atoms with Gasteiger partial charge in [0.15, 0.2) is 22.4 Å². The number of anilines is 2. The molecule has 1 aliphatic rings. The standard InChI is InChI=1S/C18H18N4O5S2/c1-4-22-14-7-12(5-6-15(14)26-8-16(22)23)13-9-28-18(19-13)21-29(24,25)17-10(2)20-27-11(17)3/h5-7,9H,4,8H2,1-3H3,(H,19,21). The lowest BCUT2D eigenvalue weighted by molar-refractivity contribution is -0.121. The molecule has 0 unspecified atom stereocenters. The van der Waals surface area contributed by atoms with Crippen LogP contribution in [0.2, 0.25) is 0 Å². The Morgan fingerprint density at radius 1 is 1.31 bits per heavy atom. The van der Waals surface area contributed by atoms with Crippen molar-refractivity contribution in [3.05, 3.63) is 35.0 Å². The molecule has 0 saturated carbocycles. The molecular formula is C18H18N4O5S2. The number of hydrogen-bond donors (Lipinski definition) is 1. The first-order chi connectivity index (χ1) is 13.8. The Labute approximate surface area is 171 Å². The summed E-state index contributed by atoms with van der Waals surface area (Å²) in [5, 5.41) is 5.65. The molecule has 0 bridgehead atoms. The van der Waals surface area contributed by atoms with E-state index in [0.29, 0.717) is 23.7 Å². The maximum absolute atomic E-state index is 12.7. The zero-order valence-electron chi connectivity index (χ0n) is 15.9. The largest absolute Gasteiger partial charge is 0.482 e. The molecule has 0 aliphatic carbocycles. The molecule has 0 spiro atoms. The van der Waals surface area contributed by atoms with E-state index in [0.717, 1.165) is 16.9 Å². The molecule has 1 aromatic carbocycles. The highest BCUT2D eigenvalue weighted by molar-refractivity contribution is 7.93. The number of thiazole rings is 1. The Balaban J connectivity index is 1.63. The fraction of sp³-hybridized carbons (Fsp3) is 0.278. The van der Waals surface area contributed by atoms with Gasteiger partial charge in [0.2, 0.25) is 0 Å². The monoisotopic (exact) mass is 434 g/mol. The zero-order valence-corrected chi connectivity index (χ0v) is 17.6. The zero-order chi connectivity index (χ0) is 20.8. The number of benzene rings is 1. The molecule has 0 fully saturated rings. The van der Waals surface area contributed by atoms with Crippen LogP contribution in [0.15, 0.2) is 33.0 Å². The Kier molecular flexibility index (Phi) is 4.79. The van der Waals surface area contributed by atoms with Crippen molar-refractivity contribution >= 4 is 38.1 Å². The van der Waals surface area contributed by atoms with E-state index in [9.17, 15) is 13.2 Å². The number of hydrogen-bond acceptors (Lipinski definition) is 8. The molecule has 152 valence electrons. The van der Waals surface area contributed by atoms with Crippen LogP contribution < -0.4 is 14.4 Å². The number of likely N-dealkylation sites (N-methyl/N-ethyl adjacent to an activating group) is 1. The fourth-order valence-corrected chi connectivity index (χ4v) is 5.49. The molecule has 2 aromatic heterocycles. The Bertz CT molecular complexity index is 1180. The second-order valence-corrected chi connectivity index (χ2v) is 8.88. The molecule has 3 heterocycles. The molecule has 1 amide bonds. The van der Waals surface area contributed by atoms with Crippen LogP contribution in [-0.2, 0) is 14.8 Å². The van der Waals surface area contributed by atoms with Crippen LogP contribution in [-0.4, -0.2) is 37.6 Å². The van der Waals surface area contributed by atoms with Crippen LogP contribution in [0.3, 0.4) is 0 Å². The van der Waals surface area contributed by atoms with Gasteiger partial charge >= 0.3 is 0 Å². The summed E-state index contributed by atoms with van der Waals surface area (Å²) in [6.07, 6.45) is 0. The summed E-state index contributed by atoms with van der Waals surface area (Å²) >= 11 is 1.16. The van der Waals surface area contributed by atoms with E-state index in [1.807, 2.05) is 19.1 Å². The van der Waals surface area contributed by atoms with Gasteiger partial charge in [-0.3, -0.25) is 9.52 Å². The smallest absolute Gasteiger partial charge is 0.269 e. The Hall–Kier alpha value is -2.92. The van der Waals surface area contributed by atoms with Crippen molar-refractivity contribution < 1.29 is 22.5 Å². The number of aromatic nitrogens is 2. The minimum Gasteiger partial charge on any atom is -0.482 e. The molecule has 1 N–H and O–H groups in total. The average molecular weight is 434 g/mol. The van der Waals surface area contributed by atoms with Crippen molar-refractivity contribution in [3.8, 4) is 17.0 Å². The Morgan fingerprint density at radius 3 is 2.79 bits per heavy atom. The normalized spacial score (nSPS) is 13.9. The Morgan fingerprint density at radius 2 is 2.10 bits per heavy atom. The fourth-order valence-electron chi connectivity index (χ4n) is 3.19. The molecule has 0 atom stereocenters. The second-order valence-electron chi connectivity index (χ2n) is 6.41. The van der Waals surface area contributed by atoms with E-state index >= 15 is 0 Å². The van der Waals surface area contributed by atoms with Gasteiger partial charge in [0.25, 0.3) is 15.9 Å². The lowest BCUT2D eigenvalue weighted by atomic mass is 10.1. The van der Waals surface area contributed by atoms with Gasteiger partial charge in [-0.05, 0) is 39.0 Å². The van der Waals surface area contributed by atoms with Crippen molar-refractivity contribution in [2.24, 2.45) is 0 Å². The van der Waals surface area contributed by atoms with Gasteiger partial charge in [0.1, 0.15) is 11.4 Å². The van der Waals surface area contributed by atoms with Crippen molar-refractivity contribution in [2.75, 3.05) is 22.8 Å². The summed E-state index contributed by atoms with van der Waals surface area (Å²) < 4.78 is 38.2. The lowest BCUT2D eigenvalue weighted by Crippen LogP contribution is -2.38. The van der Waals surface area contributed by atoms with Crippen LogP contribution in [0.5, 0.6) is 5.75 Å². The number of fused-ring (bicyclic) bond motifs is 1. The van der Waals surface area contributed by atoms with Crippen LogP contribution in [0.1, 0.15) is 18.4 Å². The molecule has 29 heavy (non-hydrogen) atoms. The molecular weight excluding hydrogens is 416 g/mol. The number of rotatable bonds is 5. The number of sulfonamides is 1. The van der Waals surface area contributed by atoms with Gasteiger partial charge in [0, 0.05) is 17.5 Å². The number of carbonyl (C=O) groups excluding carboxylic acids is 1. The number of nitrogens with zero attached hydrogens (tertiary/aromatic N) is 3. The lowest BCUT2D eigenvalue weighted by Gasteiger charge is -2.28. The summed E-state index contributed by atoms with van der Waals surface area (Å²) in [6, 6.07) is 5.43. The summed E-state index contributed by atoms with van der Waals surface area (Å²) in [7, 11) is -3.87. The van der Waals surface area contributed by atoms with E-state index in [4.69, 9.17) is 9.26 Å². The van der Waals surface area contributed by atoms with E-state index in [-0.39, 0.29) is 34.0 Å². The van der Waals surface area contributed by atoms with Crippen molar-refractivity contribution in [2.45, 2.75) is 25.7 Å². The van der Waals surface area contributed by atoms with Gasteiger partial charge in [0.05, 0.1) is 11.4 Å². The highest BCUT2D eigenvalue weighted by Crippen LogP contribution is 2.37. The van der Waals surface area contributed by atoms with E-state index < -0.39 is 10.0 Å². The summed E-state index contributed by atoms with van der Waals surface area (Å²) in [5.41, 5.74) is 2.29. The van der Waals surface area contributed by atoms with Crippen molar-refractivity contribution in [1.29, 1.82) is 0 Å². The third kappa shape index (κ3) is 3.47. The maximum Gasteiger partial charge on any atom is 0.269 e. The molecule has 11 heteroatoms. The van der Waals surface area contributed by atoms with Gasteiger partial charge in [-0.1, -0.05) is 5.16 Å². The molecule has 4 rings (SSSR count). The van der Waals surface area contributed by atoms with Crippen LogP contribution in [0.4, 0.5) is 10.8 Å². The quantitative estimate of drug-likeness (QED) is 0.656. The number of aryl methyl sites for hydroxylation is 2. The van der Waals surface area contributed by atoms with Crippen molar-refractivity contribution in [1.82, 2.24) is 10.1 Å². The highest BCUT2D eigenvalue weighted by Gasteiger charge is 2.27. The minimum atomic E-state index is -3.87. The van der Waals surface area contributed by atoms with Gasteiger partial charge in [-0.25, -0.2) is 13.4 Å². The number of ether oxygens (including phenoxy) is 1. The molecule has 9 nitrogen and oxygen atoms in total. The second kappa shape index (κ2) is 7.16. The van der Waals surface area contributed by atoms with Crippen LogP contribution in [0, 0.1) is 13.8 Å². The maximum atomic E-state index is 12.7. The van der Waals surface area contributed by atoms with E-state index in [2.05, 4.69) is 14.9 Å². The van der Waals surface area contributed by atoms with E-state index in [1.165, 1.54) is 6.92 Å². The van der Waals surface area contributed by atoms with Crippen LogP contribution >= 0.6 is 11.3 Å². The predicted octanol–water partition coefficient (Wildman–Crippen LogP) is 2.96. The van der Waals surface area contributed by atoms with Crippen LogP contribution in [0.25, 0.3) is 11.3 Å². The molecule has 0 radical (unpaired) electrons. The SMILES string of the molecule is CCN1C(=O)COc2ccc(-c3csc(NS(=O)(=O)c4c(C)noc4C)n3)cc21. The topological polar surface area (TPSA) is 115 Å². The highest BCUT2D eigenvalue weighted by atomic mass is 32.2. The first kappa shape index (κ1) is 19.4. The first-order valence-corrected chi connectivity index (χ1v) is 11.1. The summed E-state index contributed by atoms with van der Waals surface area (Å²) in [6.45, 7) is 5.54. The summed E-state index contributed by atoms with van der Waals surface area (Å²) in [5.74, 6) is 0.735. The predicted molar refractivity (Wildman–Crippen MR) is 108 cm³/mol. The minimum absolute atomic E-state index is 0.0114. The first-order valence-electron chi connectivity index (χ1n) is 8.79. The number of amides is 1. The molecule has 0 saturated heterocycles. The van der Waals surface area contributed by atoms with Crippen molar-refractivity contribution in [3.63, 3.8) is 0 Å². The van der Waals surface area contributed by atoms with E-state index in [1.54, 1.807) is 23.3 Å². The van der Waals surface area contributed by atoms with Gasteiger partial charge in [-0.2, -0.15) is 0 Å². The average Bonchev–Trinajstić information content (AvgIpc) is 3.27. The third-order valence-electron chi connectivity index (χ3n) is 4.48. The third-order valence-corrected chi connectivity index (χ3v) is 6.95. The van der Waals surface area contributed by atoms with Gasteiger partial charge < -0.3 is 14.2 Å². The molecule has 3 aromatic rings. The number of nitrogens with one attached hydrogen (secondary N) is 1. The summed E-state index contributed by atoms with van der Waals surface area (Å²) in [4.78, 5) is 18.1. The van der Waals surface area contributed by atoms with Gasteiger partial charge in [-0.15, -0.1) is 11.3 Å².